The molecule has 1 N–H and O–H groups in total. The molecule has 112 valence electrons. The predicted octanol–water partition coefficient (Wildman–Crippen LogP) is 3.85. The quantitative estimate of drug-likeness (QED) is 0.808. The summed E-state index contributed by atoms with van der Waals surface area (Å²) in [5, 5.41) is 3.03. The lowest BCUT2D eigenvalue weighted by molar-refractivity contribution is -0.143. The van der Waals surface area contributed by atoms with E-state index in [2.05, 4.69) is 5.32 Å². The number of halogens is 3. The Morgan fingerprint density at radius 2 is 1.85 bits per heavy atom. The maximum Gasteiger partial charge on any atom is 0.416 e. The number of carbonyl (C=O) groups excluding carboxylic acids is 1. The molecule has 0 amide bonds. The number of rotatable bonds is 6. The van der Waals surface area contributed by atoms with Gasteiger partial charge in [0.05, 0.1) is 18.6 Å². The van der Waals surface area contributed by atoms with E-state index < -0.39 is 11.7 Å². The molecular formula is C14H18F3NO2. The topological polar surface area (TPSA) is 38.3 Å². The molecule has 0 aliphatic heterocycles. The Balaban J connectivity index is 2.64. The van der Waals surface area contributed by atoms with Crippen molar-refractivity contribution in [3.8, 4) is 0 Å². The fraction of sp³-hybridized carbons (Fsp3) is 0.500. The van der Waals surface area contributed by atoms with Crippen LogP contribution in [0.4, 0.5) is 18.9 Å². The van der Waals surface area contributed by atoms with Crippen LogP contribution in [0.5, 0.6) is 0 Å². The zero-order valence-corrected chi connectivity index (χ0v) is 11.5. The standard InChI is InChI=1S/C14H18F3NO2/c1-3-11(9-13(19)20-4-2)18-12-7-5-10(6-8-12)14(15,16)17/h5-8,11,18H,3-4,9H2,1-2H3/t11-/m1/s1. The SMILES string of the molecule is CCOC(=O)C[C@@H](CC)Nc1ccc(C(F)(F)F)cc1. The van der Waals surface area contributed by atoms with Gasteiger partial charge in [-0.25, -0.2) is 0 Å². The number of hydrogen-bond acceptors (Lipinski definition) is 3. The molecule has 1 aromatic carbocycles. The third-order valence-corrected chi connectivity index (χ3v) is 2.79. The van der Waals surface area contributed by atoms with E-state index in [1.54, 1.807) is 6.92 Å². The first-order valence-corrected chi connectivity index (χ1v) is 6.46. The molecule has 20 heavy (non-hydrogen) atoms. The number of alkyl halides is 3. The van der Waals surface area contributed by atoms with Crippen LogP contribution in [-0.2, 0) is 15.7 Å². The Morgan fingerprint density at radius 3 is 2.30 bits per heavy atom. The Morgan fingerprint density at radius 1 is 1.25 bits per heavy atom. The summed E-state index contributed by atoms with van der Waals surface area (Å²) in [6.45, 7) is 3.93. The minimum Gasteiger partial charge on any atom is -0.466 e. The summed E-state index contributed by atoms with van der Waals surface area (Å²) in [6, 6.07) is 4.58. The third-order valence-electron chi connectivity index (χ3n) is 2.79. The highest BCUT2D eigenvalue weighted by Crippen LogP contribution is 2.30. The first kappa shape index (κ1) is 16.3. The highest BCUT2D eigenvalue weighted by atomic mass is 19.4. The van der Waals surface area contributed by atoms with E-state index in [-0.39, 0.29) is 18.4 Å². The average molecular weight is 289 g/mol. The zero-order chi connectivity index (χ0) is 15.2. The normalized spacial score (nSPS) is 12.8. The van der Waals surface area contributed by atoms with Crippen LogP contribution in [0.2, 0.25) is 0 Å². The van der Waals surface area contributed by atoms with Gasteiger partial charge in [-0.2, -0.15) is 13.2 Å². The average Bonchev–Trinajstić information content (AvgIpc) is 2.37. The molecule has 0 aliphatic rings. The van der Waals surface area contributed by atoms with Crippen molar-refractivity contribution in [1.82, 2.24) is 0 Å². The molecule has 0 bridgehead atoms. The Kier molecular flexibility index (Phi) is 5.85. The Bertz CT molecular complexity index is 429. The second-order valence-corrected chi connectivity index (χ2v) is 4.33. The first-order valence-electron chi connectivity index (χ1n) is 6.46. The minimum atomic E-state index is -4.34. The molecule has 3 nitrogen and oxygen atoms in total. The van der Waals surface area contributed by atoms with Crippen LogP contribution < -0.4 is 5.32 Å². The second kappa shape index (κ2) is 7.17. The molecule has 6 heteroatoms. The third kappa shape index (κ3) is 5.11. The lowest BCUT2D eigenvalue weighted by atomic mass is 10.1. The maximum absolute atomic E-state index is 12.4. The van der Waals surface area contributed by atoms with E-state index in [0.29, 0.717) is 18.7 Å². The van der Waals surface area contributed by atoms with Crippen LogP contribution in [-0.4, -0.2) is 18.6 Å². The van der Waals surface area contributed by atoms with E-state index in [0.717, 1.165) is 12.1 Å². The summed E-state index contributed by atoms with van der Waals surface area (Å²) < 4.78 is 42.1. The highest BCUT2D eigenvalue weighted by Gasteiger charge is 2.30. The molecule has 0 saturated heterocycles. The summed E-state index contributed by atoms with van der Waals surface area (Å²) in [6.07, 6.45) is -3.49. The van der Waals surface area contributed by atoms with Crippen LogP contribution >= 0.6 is 0 Å². The minimum absolute atomic E-state index is 0.161. The van der Waals surface area contributed by atoms with Gasteiger partial charge >= 0.3 is 12.1 Å². The van der Waals surface area contributed by atoms with Gasteiger partial charge in [-0.3, -0.25) is 4.79 Å². The number of benzene rings is 1. The summed E-state index contributed by atoms with van der Waals surface area (Å²) in [7, 11) is 0. The molecule has 0 saturated carbocycles. The molecule has 1 aromatic rings. The summed E-state index contributed by atoms with van der Waals surface area (Å²) in [5.41, 5.74) is -0.143. The van der Waals surface area contributed by atoms with Gasteiger partial charge in [0.1, 0.15) is 0 Å². The predicted molar refractivity (Wildman–Crippen MR) is 70.4 cm³/mol. The molecule has 0 heterocycles. The molecule has 1 atom stereocenters. The van der Waals surface area contributed by atoms with Gasteiger partial charge < -0.3 is 10.1 Å². The number of hydrogen-bond donors (Lipinski definition) is 1. The second-order valence-electron chi connectivity index (χ2n) is 4.33. The van der Waals surface area contributed by atoms with Crippen LogP contribution in [0.25, 0.3) is 0 Å². The van der Waals surface area contributed by atoms with Crippen LogP contribution in [0.15, 0.2) is 24.3 Å². The lowest BCUT2D eigenvalue weighted by Gasteiger charge is -2.18. The smallest absolute Gasteiger partial charge is 0.416 e. The van der Waals surface area contributed by atoms with Gasteiger partial charge in [0.2, 0.25) is 0 Å². The molecule has 1 rings (SSSR count). The van der Waals surface area contributed by atoms with E-state index >= 15 is 0 Å². The number of carbonyl (C=O) groups is 1. The van der Waals surface area contributed by atoms with Crippen molar-refractivity contribution >= 4 is 11.7 Å². The summed E-state index contributed by atoms with van der Waals surface area (Å²) >= 11 is 0. The monoisotopic (exact) mass is 289 g/mol. The van der Waals surface area contributed by atoms with Gasteiger partial charge in [0, 0.05) is 11.7 Å². The van der Waals surface area contributed by atoms with Crippen molar-refractivity contribution in [3.05, 3.63) is 29.8 Å². The van der Waals surface area contributed by atoms with Crippen LogP contribution in [0, 0.1) is 0 Å². The fourth-order valence-corrected chi connectivity index (χ4v) is 1.71. The summed E-state index contributed by atoms with van der Waals surface area (Å²) in [4.78, 5) is 11.4. The van der Waals surface area contributed by atoms with Crippen molar-refractivity contribution in [2.45, 2.75) is 38.9 Å². The van der Waals surface area contributed by atoms with Gasteiger partial charge in [-0.05, 0) is 37.6 Å². The van der Waals surface area contributed by atoms with Crippen molar-refractivity contribution in [2.24, 2.45) is 0 Å². The van der Waals surface area contributed by atoms with Gasteiger partial charge in [-0.15, -0.1) is 0 Å². The van der Waals surface area contributed by atoms with E-state index in [9.17, 15) is 18.0 Å². The molecule has 0 radical (unpaired) electrons. The summed E-state index contributed by atoms with van der Waals surface area (Å²) in [5.74, 6) is -0.321. The molecular weight excluding hydrogens is 271 g/mol. The van der Waals surface area contributed by atoms with E-state index in [4.69, 9.17) is 4.74 Å². The Labute approximate surface area is 116 Å². The molecule has 0 fully saturated rings. The van der Waals surface area contributed by atoms with E-state index in [1.807, 2.05) is 6.92 Å². The number of esters is 1. The molecule has 0 aromatic heterocycles. The van der Waals surface area contributed by atoms with E-state index in [1.165, 1.54) is 12.1 Å². The van der Waals surface area contributed by atoms with Crippen molar-refractivity contribution in [3.63, 3.8) is 0 Å². The van der Waals surface area contributed by atoms with Crippen LogP contribution in [0.1, 0.15) is 32.3 Å². The van der Waals surface area contributed by atoms with Gasteiger partial charge in [0.15, 0.2) is 0 Å². The van der Waals surface area contributed by atoms with Crippen LogP contribution in [0.3, 0.4) is 0 Å². The fourth-order valence-electron chi connectivity index (χ4n) is 1.71. The maximum atomic E-state index is 12.4. The molecule has 0 spiro atoms. The van der Waals surface area contributed by atoms with Crippen molar-refractivity contribution in [1.29, 1.82) is 0 Å². The zero-order valence-electron chi connectivity index (χ0n) is 11.5. The largest absolute Gasteiger partial charge is 0.466 e. The number of ether oxygens (including phenoxy) is 1. The number of anilines is 1. The number of nitrogens with one attached hydrogen (secondary N) is 1. The van der Waals surface area contributed by atoms with Gasteiger partial charge in [-0.1, -0.05) is 6.92 Å². The lowest BCUT2D eigenvalue weighted by Crippen LogP contribution is -2.23. The highest BCUT2D eigenvalue weighted by molar-refractivity contribution is 5.70. The van der Waals surface area contributed by atoms with Crippen molar-refractivity contribution in [2.75, 3.05) is 11.9 Å². The first-order chi connectivity index (χ1) is 9.36. The molecule has 0 aliphatic carbocycles. The van der Waals surface area contributed by atoms with Crippen molar-refractivity contribution < 1.29 is 22.7 Å². The Hall–Kier alpha value is -1.72. The molecule has 0 unspecified atom stereocenters. The van der Waals surface area contributed by atoms with Gasteiger partial charge in [0.25, 0.3) is 0 Å².